The molecule has 1 aromatic carbocycles. The summed E-state index contributed by atoms with van der Waals surface area (Å²) in [5.41, 5.74) is 6.77. The molecule has 2 atom stereocenters. The number of hydrogen-bond donors (Lipinski definition) is 2. The van der Waals surface area contributed by atoms with Gasteiger partial charge in [-0.05, 0) is 51.9 Å². The Morgan fingerprint density at radius 1 is 1.13 bits per heavy atom. The molecular weight excluding hydrogens is 522 g/mol. The van der Waals surface area contributed by atoms with Crippen molar-refractivity contribution in [3.8, 4) is 17.3 Å². The van der Waals surface area contributed by atoms with Gasteiger partial charge < -0.3 is 25.6 Å². The van der Waals surface area contributed by atoms with Crippen molar-refractivity contribution in [1.29, 1.82) is 0 Å². The maximum Gasteiger partial charge on any atom is 0.319 e. The average molecular weight is 553 g/mol. The number of nitrogens with one attached hydrogen (secondary N) is 1. The molecule has 1 saturated carbocycles. The first-order valence-corrected chi connectivity index (χ1v) is 14.1. The third-order valence-corrected chi connectivity index (χ3v) is 9.04. The van der Waals surface area contributed by atoms with E-state index in [0.717, 1.165) is 56.7 Å². The number of hydrogen-bond acceptors (Lipinski definition) is 10. The molecule has 4 aromatic rings. The van der Waals surface area contributed by atoms with E-state index in [1.54, 1.807) is 6.20 Å². The van der Waals surface area contributed by atoms with Crippen LogP contribution in [-0.4, -0.2) is 77.3 Å². The van der Waals surface area contributed by atoms with Crippen molar-refractivity contribution in [3.63, 3.8) is 0 Å². The van der Waals surface area contributed by atoms with Gasteiger partial charge in [0.05, 0.1) is 22.2 Å². The van der Waals surface area contributed by atoms with Crippen LogP contribution in [0.4, 0.5) is 19.7 Å². The zero-order chi connectivity index (χ0) is 26.9. The van der Waals surface area contributed by atoms with Crippen molar-refractivity contribution in [2.75, 3.05) is 51.0 Å². The van der Waals surface area contributed by atoms with Crippen LogP contribution in [0.3, 0.4) is 0 Å². The molecule has 7 rings (SSSR count). The molecule has 0 spiro atoms. The van der Waals surface area contributed by atoms with Gasteiger partial charge in [-0.25, -0.2) is 13.8 Å². The summed E-state index contributed by atoms with van der Waals surface area (Å²) in [6.07, 6.45) is 5.85. The zero-order valence-electron chi connectivity index (χ0n) is 21.9. The Kier molecular flexibility index (Phi) is 5.83. The Morgan fingerprint density at radius 2 is 1.90 bits per heavy atom. The Hall–Kier alpha value is -3.22. The molecule has 12 heteroatoms. The first-order valence-electron chi connectivity index (χ1n) is 13.3. The number of halogens is 2. The van der Waals surface area contributed by atoms with E-state index in [1.807, 2.05) is 0 Å². The lowest BCUT2D eigenvalue weighted by atomic mass is 10.1. The van der Waals surface area contributed by atoms with Crippen LogP contribution in [0.25, 0.3) is 32.4 Å². The molecule has 2 saturated heterocycles. The van der Waals surface area contributed by atoms with E-state index in [-0.39, 0.29) is 50.1 Å². The largest absolute Gasteiger partial charge is 0.463 e. The number of aromatic nitrogens is 4. The highest BCUT2D eigenvalue weighted by Crippen LogP contribution is 2.46. The van der Waals surface area contributed by atoms with Crippen LogP contribution in [0.15, 0.2) is 18.3 Å². The van der Waals surface area contributed by atoms with Crippen LogP contribution in [0.5, 0.6) is 6.01 Å². The van der Waals surface area contributed by atoms with Crippen molar-refractivity contribution >= 4 is 43.4 Å². The molecule has 0 radical (unpaired) electrons. The lowest BCUT2D eigenvalue weighted by molar-refractivity contribution is 0.183. The first kappa shape index (κ1) is 24.8. The van der Waals surface area contributed by atoms with Crippen LogP contribution < -0.4 is 20.7 Å². The maximum atomic E-state index is 16.4. The van der Waals surface area contributed by atoms with Gasteiger partial charge in [-0.2, -0.15) is 9.97 Å². The first-order chi connectivity index (χ1) is 18.8. The van der Waals surface area contributed by atoms with Gasteiger partial charge in [-0.1, -0.05) is 11.3 Å². The number of thiazole rings is 1. The second kappa shape index (κ2) is 9.17. The summed E-state index contributed by atoms with van der Waals surface area (Å²) in [7, 11) is 4.11. The summed E-state index contributed by atoms with van der Waals surface area (Å²) in [5.74, 6) is -0.413. The number of nitrogen functional groups attached to an aromatic ring is 1. The maximum absolute atomic E-state index is 16.4. The van der Waals surface area contributed by atoms with Gasteiger partial charge >= 0.3 is 6.01 Å². The Bertz CT molecular complexity index is 1570. The number of rotatable bonds is 7. The van der Waals surface area contributed by atoms with Crippen molar-refractivity contribution in [1.82, 2.24) is 30.2 Å². The number of ether oxygens (including phenoxy) is 1. The number of fused-ring (bicyclic) bond motifs is 4. The van der Waals surface area contributed by atoms with E-state index in [4.69, 9.17) is 15.5 Å². The lowest BCUT2D eigenvalue weighted by Gasteiger charge is -2.36. The normalized spacial score (nSPS) is 21.8. The van der Waals surface area contributed by atoms with Gasteiger partial charge in [0, 0.05) is 48.9 Å². The fourth-order valence-corrected chi connectivity index (χ4v) is 6.96. The highest BCUT2D eigenvalue weighted by molar-refractivity contribution is 7.22. The molecule has 2 bridgehead atoms. The van der Waals surface area contributed by atoms with Gasteiger partial charge in [0.1, 0.15) is 22.8 Å². The van der Waals surface area contributed by atoms with Crippen molar-refractivity contribution in [2.24, 2.45) is 5.41 Å². The van der Waals surface area contributed by atoms with Crippen molar-refractivity contribution in [2.45, 2.75) is 37.8 Å². The van der Waals surface area contributed by atoms with Gasteiger partial charge in [-0.15, -0.1) is 0 Å². The molecule has 3 aromatic heterocycles. The van der Waals surface area contributed by atoms with Crippen molar-refractivity contribution in [3.05, 3.63) is 30.0 Å². The number of benzene rings is 1. The second-order valence-corrected chi connectivity index (χ2v) is 12.3. The summed E-state index contributed by atoms with van der Waals surface area (Å²) < 4.78 is 37.3. The van der Waals surface area contributed by atoms with Crippen LogP contribution in [0, 0.1) is 17.0 Å². The quantitative estimate of drug-likeness (QED) is 0.354. The number of anilines is 2. The van der Waals surface area contributed by atoms with Crippen molar-refractivity contribution < 1.29 is 13.5 Å². The van der Waals surface area contributed by atoms with Crippen LogP contribution in [-0.2, 0) is 0 Å². The van der Waals surface area contributed by atoms with Crippen LogP contribution >= 0.6 is 11.3 Å². The molecule has 3 fully saturated rings. The van der Waals surface area contributed by atoms with E-state index in [1.165, 1.54) is 12.1 Å². The van der Waals surface area contributed by atoms with E-state index in [0.29, 0.717) is 23.4 Å². The van der Waals surface area contributed by atoms with E-state index in [2.05, 4.69) is 44.2 Å². The Labute approximate surface area is 228 Å². The molecular formula is C27H30F2N8OS. The van der Waals surface area contributed by atoms with Crippen LogP contribution in [0.1, 0.15) is 25.7 Å². The van der Waals surface area contributed by atoms with Gasteiger partial charge in [0.15, 0.2) is 10.9 Å². The van der Waals surface area contributed by atoms with Gasteiger partial charge in [0.25, 0.3) is 0 Å². The third-order valence-electron chi connectivity index (χ3n) is 8.15. The smallest absolute Gasteiger partial charge is 0.319 e. The summed E-state index contributed by atoms with van der Waals surface area (Å²) in [4.78, 5) is 22.7. The summed E-state index contributed by atoms with van der Waals surface area (Å²) in [6, 6.07) is 3.46. The van der Waals surface area contributed by atoms with Gasteiger partial charge in [0.2, 0.25) is 0 Å². The fourth-order valence-electron chi connectivity index (χ4n) is 6.19. The van der Waals surface area contributed by atoms with E-state index in [9.17, 15) is 4.39 Å². The van der Waals surface area contributed by atoms with Crippen LogP contribution in [0.2, 0.25) is 0 Å². The molecule has 0 amide bonds. The van der Waals surface area contributed by atoms with E-state index < -0.39 is 11.6 Å². The topological polar surface area (TPSA) is 105 Å². The monoisotopic (exact) mass is 552 g/mol. The predicted molar refractivity (Wildman–Crippen MR) is 148 cm³/mol. The predicted octanol–water partition coefficient (Wildman–Crippen LogP) is 3.82. The second-order valence-electron chi connectivity index (χ2n) is 11.3. The Morgan fingerprint density at radius 3 is 2.62 bits per heavy atom. The minimum atomic E-state index is -0.614. The molecule has 204 valence electrons. The average Bonchev–Trinajstić information content (AvgIpc) is 3.47. The summed E-state index contributed by atoms with van der Waals surface area (Å²) in [6.45, 7) is 3.07. The number of pyridine rings is 1. The minimum absolute atomic E-state index is 0.0444. The molecule has 3 N–H and O–H groups in total. The minimum Gasteiger partial charge on any atom is -0.463 e. The molecule has 9 nitrogen and oxygen atoms in total. The molecule has 3 aliphatic rings. The molecule has 2 aliphatic heterocycles. The Balaban J connectivity index is 1.36. The SMILES string of the molecule is CN(C)CC1(COc2nc(N3C4CCC3CNC4)c3cnc(-c4ccc(F)c5sc(N)nc45)c(F)c3n2)CC1. The molecule has 2 unspecified atom stereocenters. The number of nitrogens with two attached hydrogens (primary N) is 1. The standard InChI is InChI=1S/C27H30F2N8OS/c1-36(2)12-27(7-8-27)13-38-26-34-21-17(24(35-26)37-14-3-4-15(37)10-31-9-14)11-32-20(19(21)29)16-5-6-18(28)23-22(16)33-25(30)39-23/h5-6,11,14-15,31H,3-4,7-10,12-13H2,1-2H3,(H2,30,33). The summed E-state index contributed by atoms with van der Waals surface area (Å²) >= 11 is 1.03. The zero-order valence-corrected chi connectivity index (χ0v) is 22.7. The van der Waals surface area contributed by atoms with E-state index >= 15 is 4.39 Å². The molecule has 5 heterocycles. The molecule has 39 heavy (non-hydrogen) atoms. The summed E-state index contributed by atoms with van der Waals surface area (Å²) in [5, 5.41) is 4.23. The number of piperazine rings is 1. The third kappa shape index (κ3) is 4.25. The highest BCUT2D eigenvalue weighted by Gasteiger charge is 2.44. The van der Waals surface area contributed by atoms with Gasteiger partial charge in [-0.3, -0.25) is 4.98 Å². The lowest BCUT2D eigenvalue weighted by Crippen LogP contribution is -2.52. The highest BCUT2D eigenvalue weighted by atomic mass is 32.1. The fraction of sp³-hybridized carbons (Fsp3) is 0.481. The molecule has 1 aliphatic carbocycles. The number of nitrogens with zero attached hydrogens (tertiary/aromatic N) is 6.